The van der Waals surface area contributed by atoms with Crippen LogP contribution in [0.5, 0.6) is 11.6 Å². The molecule has 0 aliphatic heterocycles. The lowest BCUT2D eigenvalue weighted by Crippen LogP contribution is -2.29. The second kappa shape index (κ2) is 9.43. The lowest BCUT2D eigenvalue weighted by atomic mass is 10.0. The molecule has 39 heavy (non-hydrogen) atoms. The van der Waals surface area contributed by atoms with Gasteiger partial charge in [0.2, 0.25) is 0 Å². The molecule has 2 heterocycles. The van der Waals surface area contributed by atoms with Crippen LogP contribution >= 0.6 is 0 Å². The van der Waals surface area contributed by atoms with Crippen LogP contribution in [0.1, 0.15) is 40.2 Å². The summed E-state index contributed by atoms with van der Waals surface area (Å²) in [4.78, 5) is 16.2. The number of alkyl halides is 6. The topological polar surface area (TPSA) is 111 Å². The summed E-state index contributed by atoms with van der Waals surface area (Å²) in [6, 6.07) is 6.47. The minimum Gasteiger partial charge on any atom is -0.432 e. The van der Waals surface area contributed by atoms with Gasteiger partial charge >= 0.3 is 12.4 Å². The average molecular weight is 578 g/mol. The van der Waals surface area contributed by atoms with Crippen molar-refractivity contribution in [3.8, 4) is 11.6 Å². The molecule has 0 saturated heterocycles. The highest BCUT2D eigenvalue weighted by molar-refractivity contribution is 7.90. The molecule has 0 unspecified atom stereocenters. The Morgan fingerprint density at radius 3 is 2.26 bits per heavy atom. The van der Waals surface area contributed by atoms with Crippen molar-refractivity contribution in [1.29, 1.82) is 0 Å². The molecule has 0 spiro atoms. The van der Waals surface area contributed by atoms with Gasteiger partial charge in [0, 0.05) is 11.9 Å². The van der Waals surface area contributed by atoms with Crippen LogP contribution in [0.3, 0.4) is 0 Å². The summed E-state index contributed by atoms with van der Waals surface area (Å²) in [6.45, 7) is 0.879. The van der Waals surface area contributed by atoms with Crippen LogP contribution in [0.2, 0.25) is 0 Å². The Morgan fingerprint density at radius 1 is 1.05 bits per heavy atom. The minimum atomic E-state index is -5.05. The maximum atomic E-state index is 14.7. The number of hydrogen-bond donors (Lipinski definition) is 1. The number of aromatic nitrogens is 3. The second-order valence-corrected chi connectivity index (χ2v) is 10.8. The van der Waals surface area contributed by atoms with Crippen LogP contribution in [0.15, 0.2) is 41.3 Å². The van der Waals surface area contributed by atoms with Gasteiger partial charge in [-0.15, -0.1) is 10.2 Å². The van der Waals surface area contributed by atoms with Gasteiger partial charge in [-0.05, 0) is 55.7 Å². The highest BCUT2D eigenvalue weighted by Crippen LogP contribution is 2.58. The van der Waals surface area contributed by atoms with Crippen LogP contribution in [0.4, 0.5) is 36.4 Å². The zero-order chi connectivity index (χ0) is 29.0. The SMILES string of the molecule is Cc1c(C(F)(F)F)nnc(Oc2ccc(C3(C(F)(F)F)CC3)nc2F)c1C(=O)Nc1cccc(S(C)(=O)=O)c1. The van der Waals surface area contributed by atoms with E-state index in [1.165, 1.54) is 18.2 Å². The Labute approximate surface area is 216 Å². The van der Waals surface area contributed by atoms with Crippen molar-refractivity contribution < 1.29 is 48.7 Å². The van der Waals surface area contributed by atoms with Crippen molar-refractivity contribution in [3.05, 3.63) is 64.9 Å². The number of carbonyl (C=O) groups excluding carboxylic acids is 1. The van der Waals surface area contributed by atoms with Gasteiger partial charge in [-0.3, -0.25) is 4.79 Å². The van der Waals surface area contributed by atoms with E-state index in [9.17, 15) is 43.9 Å². The number of carbonyl (C=O) groups is 1. The number of nitrogens with zero attached hydrogens (tertiary/aromatic N) is 3. The molecule has 1 saturated carbocycles. The van der Waals surface area contributed by atoms with Gasteiger partial charge in [0.15, 0.2) is 21.3 Å². The molecule has 1 aliphatic carbocycles. The molecule has 1 aliphatic rings. The third kappa shape index (κ3) is 5.51. The van der Waals surface area contributed by atoms with E-state index in [2.05, 4.69) is 20.5 Å². The minimum absolute atomic E-state index is 0.113. The molecule has 8 nitrogen and oxygen atoms in total. The number of ether oxygens (including phenoxy) is 1. The number of hydrogen-bond acceptors (Lipinski definition) is 7. The molecule has 1 fully saturated rings. The molecule has 0 bridgehead atoms. The molecule has 0 atom stereocenters. The first kappa shape index (κ1) is 28.2. The van der Waals surface area contributed by atoms with E-state index in [4.69, 9.17) is 4.74 Å². The van der Waals surface area contributed by atoms with E-state index in [1.54, 1.807) is 0 Å². The predicted octanol–water partition coefficient (Wildman–Crippen LogP) is 5.38. The van der Waals surface area contributed by atoms with Gasteiger partial charge in [0.05, 0.1) is 10.6 Å². The number of nitrogens with one attached hydrogen (secondary N) is 1. The summed E-state index contributed by atoms with van der Waals surface area (Å²) in [5, 5.41) is 8.51. The van der Waals surface area contributed by atoms with Crippen LogP contribution in [0, 0.1) is 12.9 Å². The first-order chi connectivity index (χ1) is 17.9. The molecular weight excluding hydrogens is 561 g/mol. The summed E-state index contributed by atoms with van der Waals surface area (Å²) in [7, 11) is -3.70. The van der Waals surface area contributed by atoms with Crippen LogP contribution in [-0.2, 0) is 21.4 Å². The molecule has 16 heteroatoms. The maximum Gasteiger partial charge on any atom is 0.435 e. The molecule has 208 valence electrons. The summed E-state index contributed by atoms with van der Waals surface area (Å²) in [6.07, 6.45) is -9.41. The molecule has 1 amide bonds. The zero-order valence-electron chi connectivity index (χ0n) is 19.9. The standard InChI is InChI=1S/C23H17F7N4O4S/c1-11-16(19(35)31-12-4-3-5-13(10-12)39(2,36)37)20(34-33-17(11)22(25,26)27)38-14-6-7-15(32-18(14)24)21(8-9-21)23(28,29)30/h3-7,10H,8-9H2,1-2H3,(H,31,35). The van der Waals surface area contributed by atoms with Crippen LogP contribution < -0.4 is 10.1 Å². The number of sulfone groups is 1. The third-order valence-electron chi connectivity index (χ3n) is 6.00. The second-order valence-electron chi connectivity index (χ2n) is 8.77. The van der Waals surface area contributed by atoms with Crippen LogP contribution in [-0.4, -0.2) is 41.9 Å². The number of benzene rings is 1. The van der Waals surface area contributed by atoms with Crippen LogP contribution in [0.25, 0.3) is 0 Å². The Morgan fingerprint density at radius 2 is 1.72 bits per heavy atom. The fourth-order valence-corrected chi connectivity index (χ4v) is 4.45. The van der Waals surface area contributed by atoms with Crippen molar-refractivity contribution in [2.45, 2.75) is 42.4 Å². The molecule has 0 radical (unpaired) electrons. The molecule has 1 N–H and O–H groups in total. The summed E-state index contributed by atoms with van der Waals surface area (Å²) in [5.41, 5.74) is -6.17. The zero-order valence-corrected chi connectivity index (χ0v) is 20.7. The summed E-state index contributed by atoms with van der Waals surface area (Å²) in [5.74, 6) is -4.48. The lowest BCUT2D eigenvalue weighted by molar-refractivity contribution is -0.161. The number of anilines is 1. The highest BCUT2D eigenvalue weighted by Gasteiger charge is 2.65. The van der Waals surface area contributed by atoms with E-state index >= 15 is 0 Å². The normalized spacial score (nSPS) is 15.1. The Hall–Kier alpha value is -3.82. The number of pyridine rings is 1. The van der Waals surface area contributed by atoms with E-state index in [0.29, 0.717) is 0 Å². The quantitative estimate of drug-likeness (QED) is 0.309. The smallest absolute Gasteiger partial charge is 0.432 e. The Kier molecular flexibility index (Phi) is 6.82. The van der Waals surface area contributed by atoms with Crippen molar-refractivity contribution in [2.75, 3.05) is 11.6 Å². The number of halogens is 7. The predicted molar refractivity (Wildman–Crippen MR) is 121 cm³/mol. The van der Waals surface area contributed by atoms with Gasteiger partial charge in [-0.2, -0.15) is 30.7 Å². The number of amides is 1. The average Bonchev–Trinajstić information content (AvgIpc) is 3.61. The Bertz CT molecular complexity index is 1570. The molecule has 2 aromatic heterocycles. The highest BCUT2D eigenvalue weighted by atomic mass is 32.2. The summed E-state index contributed by atoms with van der Waals surface area (Å²) >= 11 is 0. The van der Waals surface area contributed by atoms with E-state index in [0.717, 1.165) is 31.4 Å². The van der Waals surface area contributed by atoms with E-state index in [1.807, 2.05) is 0 Å². The lowest BCUT2D eigenvalue weighted by Gasteiger charge is -2.19. The molecule has 3 aromatic rings. The number of rotatable bonds is 6. The van der Waals surface area contributed by atoms with Gasteiger partial charge in [-0.25, -0.2) is 13.4 Å². The monoisotopic (exact) mass is 578 g/mol. The van der Waals surface area contributed by atoms with Gasteiger partial charge in [-0.1, -0.05) is 6.07 Å². The van der Waals surface area contributed by atoms with E-state index in [-0.39, 0.29) is 23.4 Å². The van der Waals surface area contributed by atoms with Gasteiger partial charge in [0.1, 0.15) is 11.0 Å². The third-order valence-corrected chi connectivity index (χ3v) is 7.11. The van der Waals surface area contributed by atoms with Crippen molar-refractivity contribution in [1.82, 2.24) is 15.2 Å². The molecule has 4 rings (SSSR count). The maximum absolute atomic E-state index is 14.7. The fraction of sp³-hybridized carbons (Fsp3) is 0.304. The first-order valence-electron chi connectivity index (χ1n) is 10.9. The molecule has 1 aromatic carbocycles. The van der Waals surface area contributed by atoms with Crippen molar-refractivity contribution >= 4 is 21.4 Å². The Balaban J connectivity index is 1.73. The van der Waals surface area contributed by atoms with E-state index < -0.39 is 73.6 Å². The van der Waals surface area contributed by atoms with Crippen molar-refractivity contribution in [2.24, 2.45) is 0 Å². The van der Waals surface area contributed by atoms with Crippen molar-refractivity contribution in [3.63, 3.8) is 0 Å². The fourth-order valence-electron chi connectivity index (χ4n) is 3.78. The first-order valence-corrected chi connectivity index (χ1v) is 12.8. The van der Waals surface area contributed by atoms with Gasteiger partial charge < -0.3 is 10.1 Å². The molecular formula is C23H17F7N4O4S. The van der Waals surface area contributed by atoms with Gasteiger partial charge in [0.25, 0.3) is 17.7 Å². The largest absolute Gasteiger partial charge is 0.435 e. The summed E-state index contributed by atoms with van der Waals surface area (Å²) < 4.78 is 124.